The van der Waals surface area contributed by atoms with E-state index in [9.17, 15) is 9.59 Å². The second-order valence-electron chi connectivity index (χ2n) is 11.6. The number of hydrogen-bond acceptors (Lipinski definition) is 2. The Labute approximate surface area is 197 Å². The van der Waals surface area contributed by atoms with Gasteiger partial charge in [-0.25, -0.2) is 0 Å². The molecule has 5 heteroatoms. The lowest BCUT2D eigenvalue weighted by atomic mass is 9.47. The van der Waals surface area contributed by atoms with Crippen molar-refractivity contribution in [3.05, 3.63) is 0 Å². The number of nitrogens with one attached hydrogen (secondary N) is 1. The number of unbranched alkanes of at least 4 members (excludes halogenated alkanes) is 2. The molecule has 7 atom stereocenters. The Hall–Kier alpha value is -0.580. The number of amides is 2. The van der Waals surface area contributed by atoms with Crippen LogP contribution in [-0.2, 0) is 9.59 Å². The molecule has 2 unspecified atom stereocenters. The molecule has 3 aliphatic carbocycles. The highest BCUT2D eigenvalue weighted by Gasteiger charge is 2.60. The van der Waals surface area contributed by atoms with E-state index in [1.54, 1.807) is 0 Å². The first-order valence-electron chi connectivity index (χ1n) is 12.9. The molecule has 4 fully saturated rings. The molecular formula is C26H43BrN2O2. The first-order valence-corrected chi connectivity index (χ1v) is 14.0. The van der Waals surface area contributed by atoms with Crippen molar-refractivity contribution in [3.63, 3.8) is 0 Å². The maximum absolute atomic E-state index is 12.4. The van der Waals surface area contributed by atoms with Gasteiger partial charge >= 0.3 is 0 Å². The minimum atomic E-state index is 0.248. The molecule has 1 saturated heterocycles. The van der Waals surface area contributed by atoms with Crippen LogP contribution in [0.25, 0.3) is 0 Å². The first kappa shape index (κ1) is 23.6. The Morgan fingerprint density at radius 2 is 1.81 bits per heavy atom. The SMILES string of the molecule is CN1C(=O)CC[C@@]2(C)C1CC[C@@H]1[C@H]2CC[C@]2(C)C(CNC(=O)CCCCCBr)CC[C@@H]12. The Morgan fingerprint density at radius 3 is 2.58 bits per heavy atom. The van der Waals surface area contributed by atoms with Crippen molar-refractivity contribution >= 4 is 27.7 Å². The molecule has 1 N–H and O–H groups in total. The first-order chi connectivity index (χ1) is 14.8. The van der Waals surface area contributed by atoms with Crippen LogP contribution in [0.3, 0.4) is 0 Å². The Morgan fingerprint density at radius 1 is 1.03 bits per heavy atom. The molecule has 0 aromatic rings. The Kier molecular flexibility index (Phi) is 7.11. The number of carbonyl (C=O) groups is 2. The van der Waals surface area contributed by atoms with Gasteiger partial charge in [0.1, 0.15) is 0 Å². The molecular weight excluding hydrogens is 452 g/mol. The van der Waals surface area contributed by atoms with Crippen molar-refractivity contribution in [2.24, 2.45) is 34.5 Å². The van der Waals surface area contributed by atoms with Crippen molar-refractivity contribution in [2.45, 2.75) is 96.9 Å². The van der Waals surface area contributed by atoms with Crippen LogP contribution in [0.4, 0.5) is 0 Å². The summed E-state index contributed by atoms with van der Waals surface area (Å²) in [6.07, 6.45) is 13.5. The summed E-state index contributed by atoms with van der Waals surface area (Å²) in [5, 5.41) is 4.33. The standard InChI is InChI=1S/C26H43BrN2O2/c1-25-14-12-21-19(9-11-22-26(21,2)15-13-24(31)29(22)3)20(25)10-8-18(25)17-28-23(30)7-5-4-6-16-27/h18-22H,4-17H2,1-3H3,(H,28,30)/t18?,19-,20-,21+,22?,25+,26+/m0/s1. The van der Waals surface area contributed by atoms with E-state index in [-0.39, 0.29) is 5.91 Å². The lowest BCUT2D eigenvalue weighted by Crippen LogP contribution is -2.61. The van der Waals surface area contributed by atoms with Gasteiger partial charge in [-0.15, -0.1) is 0 Å². The second kappa shape index (κ2) is 9.35. The summed E-state index contributed by atoms with van der Waals surface area (Å²) in [5.74, 6) is 3.61. The molecule has 4 aliphatic rings. The number of carbonyl (C=O) groups excluding carboxylic acids is 2. The van der Waals surface area contributed by atoms with Gasteiger partial charge in [-0.05, 0) is 92.3 Å². The van der Waals surface area contributed by atoms with Crippen LogP contribution < -0.4 is 5.32 Å². The van der Waals surface area contributed by atoms with E-state index in [4.69, 9.17) is 0 Å². The highest BCUT2D eigenvalue weighted by molar-refractivity contribution is 9.09. The monoisotopic (exact) mass is 494 g/mol. The topological polar surface area (TPSA) is 49.4 Å². The number of halogens is 1. The third kappa shape index (κ3) is 4.22. The molecule has 0 aromatic carbocycles. The number of rotatable bonds is 7. The van der Waals surface area contributed by atoms with Crippen molar-refractivity contribution < 1.29 is 9.59 Å². The van der Waals surface area contributed by atoms with E-state index in [2.05, 4.69) is 40.0 Å². The fourth-order valence-corrected chi connectivity index (χ4v) is 8.87. The highest BCUT2D eigenvalue weighted by Crippen LogP contribution is 2.66. The Balaban J connectivity index is 1.38. The smallest absolute Gasteiger partial charge is 0.222 e. The largest absolute Gasteiger partial charge is 0.356 e. The third-order valence-electron chi connectivity index (χ3n) is 10.3. The number of nitrogens with zero attached hydrogens (tertiary/aromatic N) is 1. The van der Waals surface area contributed by atoms with Crippen LogP contribution in [0.1, 0.15) is 90.9 Å². The summed E-state index contributed by atoms with van der Waals surface area (Å²) in [4.78, 5) is 26.8. The fourth-order valence-electron chi connectivity index (χ4n) is 8.48. The summed E-state index contributed by atoms with van der Waals surface area (Å²) < 4.78 is 0. The second-order valence-corrected chi connectivity index (χ2v) is 12.4. The summed E-state index contributed by atoms with van der Waals surface area (Å²) >= 11 is 3.46. The van der Waals surface area contributed by atoms with Crippen molar-refractivity contribution in [1.82, 2.24) is 10.2 Å². The van der Waals surface area contributed by atoms with Gasteiger partial charge in [0, 0.05) is 37.8 Å². The lowest BCUT2D eigenvalue weighted by molar-refractivity contribution is -0.158. The van der Waals surface area contributed by atoms with Crippen LogP contribution in [0.15, 0.2) is 0 Å². The Bertz CT molecular complexity index is 684. The average molecular weight is 496 g/mol. The minimum absolute atomic E-state index is 0.248. The van der Waals surface area contributed by atoms with Gasteiger partial charge in [0.2, 0.25) is 11.8 Å². The van der Waals surface area contributed by atoms with Crippen LogP contribution in [0.2, 0.25) is 0 Å². The summed E-state index contributed by atoms with van der Waals surface area (Å²) in [6.45, 7) is 5.92. The van der Waals surface area contributed by atoms with Gasteiger partial charge in [0.05, 0.1) is 0 Å². The highest BCUT2D eigenvalue weighted by atomic mass is 79.9. The van der Waals surface area contributed by atoms with Crippen molar-refractivity contribution in [1.29, 1.82) is 0 Å². The fraction of sp³-hybridized carbons (Fsp3) is 0.923. The minimum Gasteiger partial charge on any atom is -0.356 e. The molecule has 0 bridgehead atoms. The normalized spacial score (nSPS) is 42.0. The molecule has 3 saturated carbocycles. The third-order valence-corrected chi connectivity index (χ3v) is 10.9. The molecule has 0 radical (unpaired) electrons. The van der Waals surface area contributed by atoms with Crippen LogP contribution in [-0.4, -0.2) is 41.7 Å². The molecule has 4 rings (SSSR count). The number of piperidine rings is 1. The van der Waals surface area contributed by atoms with Gasteiger partial charge in [-0.3, -0.25) is 9.59 Å². The van der Waals surface area contributed by atoms with Crippen LogP contribution in [0.5, 0.6) is 0 Å². The van der Waals surface area contributed by atoms with E-state index < -0.39 is 0 Å². The van der Waals surface area contributed by atoms with Crippen LogP contribution >= 0.6 is 15.9 Å². The van der Waals surface area contributed by atoms with Gasteiger partial charge in [-0.1, -0.05) is 36.2 Å². The predicted molar refractivity (Wildman–Crippen MR) is 129 cm³/mol. The molecule has 0 aromatic heterocycles. The van der Waals surface area contributed by atoms with E-state index in [0.29, 0.717) is 35.1 Å². The zero-order valence-electron chi connectivity index (χ0n) is 19.9. The molecule has 4 nitrogen and oxygen atoms in total. The molecule has 2 amide bonds. The van der Waals surface area contributed by atoms with E-state index in [0.717, 1.165) is 61.7 Å². The lowest BCUT2D eigenvalue weighted by Gasteiger charge is -2.61. The molecule has 1 heterocycles. The molecule has 0 spiro atoms. The summed E-state index contributed by atoms with van der Waals surface area (Å²) in [5.41, 5.74) is 0.679. The predicted octanol–water partition coefficient (Wildman–Crippen LogP) is 5.54. The molecule has 176 valence electrons. The maximum Gasteiger partial charge on any atom is 0.222 e. The number of hydrogen-bond donors (Lipinski definition) is 1. The average Bonchev–Trinajstić information content (AvgIpc) is 3.09. The molecule has 1 aliphatic heterocycles. The van der Waals surface area contributed by atoms with E-state index in [1.165, 1.54) is 38.5 Å². The van der Waals surface area contributed by atoms with Gasteiger partial charge in [0.25, 0.3) is 0 Å². The number of alkyl halides is 1. The summed E-state index contributed by atoms with van der Waals surface area (Å²) in [6, 6.07) is 0.445. The zero-order valence-corrected chi connectivity index (χ0v) is 21.5. The molecule has 31 heavy (non-hydrogen) atoms. The van der Waals surface area contributed by atoms with E-state index in [1.807, 2.05) is 7.05 Å². The summed E-state index contributed by atoms with van der Waals surface area (Å²) in [7, 11) is 2.05. The number of likely N-dealkylation sites (tertiary alicyclic amines) is 1. The van der Waals surface area contributed by atoms with Gasteiger partial charge < -0.3 is 10.2 Å². The van der Waals surface area contributed by atoms with Crippen LogP contribution in [0, 0.1) is 34.5 Å². The van der Waals surface area contributed by atoms with E-state index >= 15 is 0 Å². The number of fused-ring (bicyclic) bond motifs is 5. The van der Waals surface area contributed by atoms with Crippen molar-refractivity contribution in [3.8, 4) is 0 Å². The van der Waals surface area contributed by atoms with Gasteiger partial charge in [0.15, 0.2) is 0 Å². The quantitative estimate of drug-likeness (QED) is 0.373. The van der Waals surface area contributed by atoms with Gasteiger partial charge in [-0.2, -0.15) is 0 Å². The maximum atomic E-state index is 12.4. The van der Waals surface area contributed by atoms with Crippen molar-refractivity contribution in [2.75, 3.05) is 18.9 Å². The zero-order chi connectivity index (χ0) is 22.2.